The summed E-state index contributed by atoms with van der Waals surface area (Å²) in [5.41, 5.74) is 1.56. The molecule has 2 unspecified atom stereocenters. The molecule has 1 fully saturated rings. The average Bonchev–Trinajstić information content (AvgIpc) is 3.08. The Morgan fingerprint density at radius 1 is 1.10 bits per heavy atom. The molecule has 29 heavy (non-hydrogen) atoms. The van der Waals surface area contributed by atoms with Crippen LogP contribution in [0, 0.1) is 0 Å². The van der Waals surface area contributed by atoms with Gasteiger partial charge in [0.2, 0.25) is 5.91 Å². The summed E-state index contributed by atoms with van der Waals surface area (Å²) in [6.45, 7) is 0.964. The van der Waals surface area contributed by atoms with Crippen molar-refractivity contribution in [1.82, 2.24) is 0 Å². The van der Waals surface area contributed by atoms with E-state index in [9.17, 15) is 9.00 Å². The number of methoxy groups -OCH3 is 1. The molecule has 1 heterocycles. The lowest BCUT2D eigenvalue weighted by Gasteiger charge is -2.19. The number of rotatable bonds is 8. The third-order valence-corrected chi connectivity index (χ3v) is 5.84. The molecule has 9 heteroatoms. The van der Waals surface area contributed by atoms with Crippen molar-refractivity contribution in [3.8, 4) is 11.5 Å². The number of amides is 1. The summed E-state index contributed by atoms with van der Waals surface area (Å²) in [6.07, 6.45) is 2.12. The third kappa shape index (κ3) is 5.22. The van der Waals surface area contributed by atoms with E-state index in [0.717, 1.165) is 5.56 Å². The van der Waals surface area contributed by atoms with Crippen LogP contribution in [0.5, 0.6) is 11.5 Å². The van der Waals surface area contributed by atoms with Crippen LogP contribution in [0.2, 0.25) is 10.0 Å². The van der Waals surface area contributed by atoms with E-state index in [1.165, 1.54) is 6.26 Å². The number of nitrogens with zero attached hydrogens (tertiary/aromatic N) is 1. The summed E-state index contributed by atoms with van der Waals surface area (Å²) < 4.78 is 27.0. The fourth-order valence-electron chi connectivity index (χ4n) is 3.22. The van der Waals surface area contributed by atoms with Crippen LogP contribution >= 0.6 is 23.2 Å². The first-order chi connectivity index (χ1) is 13.9. The summed E-state index contributed by atoms with van der Waals surface area (Å²) in [7, 11) is 1.54. The molecule has 1 saturated heterocycles. The third-order valence-electron chi connectivity index (χ3n) is 4.60. The van der Waals surface area contributed by atoms with Gasteiger partial charge < -0.3 is 14.4 Å². The molecule has 1 amide bonds. The van der Waals surface area contributed by atoms with Gasteiger partial charge in [0.1, 0.15) is 6.61 Å². The highest BCUT2D eigenvalue weighted by Gasteiger charge is 2.34. The molecule has 0 spiro atoms. The first-order valence-electron chi connectivity index (χ1n) is 8.94. The van der Waals surface area contributed by atoms with Crippen LogP contribution in [-0.4, -0.2) is 43.2 Å². The largest absolute Gasteiger partial charge is 0.493 e. The van der Waals surface area contributed by atoms with Crippen LogP contribution in [0.25, 0.3) is 0 Å². The minimum absolute atomic E-state index is 0.00998. The van der Waals surface area contributed by atoms with Crippen molar-refractivity contribution in [2.45, 2.75) is 12.3 Å². The number of ether oxygens (including phenoxy) is 2. The standard InChI is InChI=1S/C20H21Cl2NO5S/c1-26-18-6-4-14(12-19(18)27-9-10-28-29(2)25)23-8-7-15(20(23)24)13-3-5-16(21)17(22)11-13/h3-6,11-12,15H,7-10H2,1-2H3. The number of halogens is 2. The molecule has 2 atom stereocenters. The molecule has 3 rings (SSSR count). The fraction of sp³-hybridized carbons (Fsp3) is 0.350. The van der Waals surface area contributed by atoms with Crippen molar-refractivity contribution < 1.29 is 22.7 Å². The molecule has 0 radical (unpaired) electrons. The van der Waals surface area contributed by atoms with Gasteiger partial charge in [0.25, 0.3) is 0 Å². The van der Waals surface area contributed by atoms with Gasteiger partial charge in [-0.3, -0.25) is 8.98 Å². The summed E-state index contributed by atoms with van der Waals surface area (Å²) in [6, 6.07) is 10.6. The Hall–Kier alpha value is -1.80. The van der Waals surface area contributed by atoms with Crippen LogP contribution in [0.15, 0.2) is 36.4 Å². The zero-order chi connectivity index (χ0) is 21.0. The Bertz CT molecular complexity index is 924. The van der Waals surface area contributed by atoms with Gasteiger partial charge in [-0.1, -0.05) is 29.3 Å². The number of hydrogen-bond acceptors (Lipinski definition) is 5. The van der Waals surface area contributed by atoms with Crippen molar-refractivity contribution in [2.75, 3.05) is 38.0 Å². The molecule has 0 N–H and O–H groups in total. The van der Waals surface area contributed by atoms with Crippen molar-refractivity contribution in [1.29, 1.82) is 0 Å². The van der Waals surface area contributed by atoms with Crippen molar-refractivity contribution in [3.05, 3.63) is 52.0 Å². The van der Waals surface area contributed by atoms with E-state index in [4.69, 9.17) is 36.9 Å². The fourth-order valence-corrected chi connectivity index (χ4v) is 3.83. The Morgan fingerprint density at radius 2 is 1.90 bits per heavy atom. The highest BCUT2D eigenvalue weighted by atomic mass is 35.5. The lowest BCUT2D eigenvalue weighted by molar-refractivity contribution is -0.118. The Balaban J connectivity index is 1.76. The number of carbonyl (C=O) groups excluding carboxylic acids is 1. The van der Waals surface area contributed by atoms with Crippen molar-refractivity contribution in [2.24, 2.45) is 0 Å². The molecule has 0 bridgehead atoms. The molecule has 1 aliphatic heterocycles. The summed E-state index contributed by atoms with van der Waals surface area (Å²) >= 11 is 10.7. The maximum absolute atomic E-state index is 13.0. The normalized spacial score (nSPS) is 17.4. The van der Waals surface area contributed by atoms with Gasteiger partial charge in [0.05, 0.1) is 29.7 Å². The summed E-state index contributed by atoms with van der Waals surface area (Å²) in [5, 5.41) is 0.899. The molecule has 0 aromatic heterocycles. The van der Waals surface area contributed by atoms with E-state index in [2.05, 4.69) is 0 Å². The lowest BCUT2D eigenvalue weighted by atomic mass is 9.98. The zero-order valence-electron chi connectivity index (χ0n) is 16.0. The lowest BCUT2D eigenvalue weighted by Crippen LogP contribution is -2.26. The number of hydrogen-bond donors (Lipinski definition) is 0. The average molecular weight is 458 g/mol. The van der Waals surface area contributed by atoms with Gasteiger partial charge in [0, 0.05) is 24.6 Å². The molecule has 0 aliphatic carbocycles. The minimum atomic E-state index is -1.35. The molecule has 1 aliphatic rings. The van der Waals surface area contributed by atoms with Crippen LogP contribution in [-0.2, 0) is 20.1 Å². The second kappa shape index (κ2) is 9.80. The SMILES string of the molecule is COc1ccc(N2CCC(c3ccc(Cl)c(Cl)c3)C2=O)cc1OCCOS(C)=O. The van der Waals surface area contributed by atoms with E-state index in [-0.39, 0.29) is 25.0 Å². The number of carbonyl (C=O) groups is 1. The number of anilines is 1. The van der Waals surface area contributed by atoms with Crippen molar-refractivity contribution in [3.63, 3.8) is 0 Å². The highest BCUT2D eigenvalue weighted by Crippen LogP contribution is 2.38. The van der Waals surface area contributed by atoms with Gasteiger partial charge >= 0.3 is 0 Å². The van der Waals surface area contributed by atoms with Gasteiger partial charge in [-0.05, 0) is 36.2 Å². The monoisotopic (exact) mass is 457 g/mol. The maximum atomic E-state index is 13.0. The molecule has 6 nitrogen and oxygen atoms in total. The molecule has 156 valence electrons. The first-order valence-corrected chi connectivity index (χ1v) is 11.2. The van der Waals surface area contributed by atoms with Gasteiger partial charge in [-0.25, -0.2) is 4.21 Å². The molecule has 2 aromatic rings. The van der Waals surface area contributed by atoms with E-state index in [0.29, 0.717) is 40.2 Å². The summed E-state index contributed by atoms with van der Waals surface area (Å²) in [5.74, 6) is 0.744. The van der Waals surface area contributed by atoms with Gasteiger partial charge in [0.15, 0.2) is 22.6 Å². The van der Waals surface area contributed by atoms with Crippen LogP contribution in [0.1, 0.15) is 17.9 Å². The van der Waals surface area contributed by atoms with Crippen LogP contribution in [0.4, 0.5) is 5.69 Å². The highest BCUT2D eigenvalue weighted by molar-refractivity contribution is 7.79. The second-order valence-corrected chi connectivity index (χ2v) is 8.26. The van der Waals surface area contributed by atoms with E-state index in [1.807, 2.05) is 12.1 Å². The summed E-state index contributed by atoms with van der Waals surface area (Å²) in [4.78, 5) is 14.7. The van der Waals surface area contributed by atoms with E-state index >= 15 is 0 Å². The Kier molecular flexibility index (Phi) is 7.40. The van der Waals surface area contributed by atoms with E-state index in [1.54, 1.807) is 36.3 Å². The molecular formula is C20H21Cl2NO5S. The van der Waals surface area contributed by atoms with E-state index < -0.39 is 11.1 Å². The predicted molar refractivity (Wildman–Crippen MR) is 115 cm³/mol. The smallest absolute Gasteiger partial charge is 0.234 e. The molecule has 2 aromatic carbocycles. The first kappa shape index (κ1) is 21.9. The van der Waals surface area contributed by atoms with Gasteiger partial charge in [-0.15, -0.1) is 0 Å². The molecule has 0 saturated carbocycles. The Morgan fingerprint density at radius 3 is 2.59 bits per heavy atom. The maximum Gasteiger partial charge on any atom is 0.234 e. The predicted octanol–water partition coefficient (Wildman–Crippen LogP) is 4.21. The topological polar surface area (TPSA) is 65.1 Å². The molecular weight excluding hydrogens is 437 g/mol. The van der Waals surface area contributed by atoms with Crippen LogP contribution < -0.4 is 14.4 Å². The van der Waals surface area contributed by atoms with Gasteiger partial charge in [-0.2, -0.15) is 0 Å². The van der Waals surface area contributed by atoms with Crippen LogP contribution in [0.3, 0.4) is 0 Å². The van der Waals surface area contributed by atoms with Crippen molar-refractivity contribution >= 4 is 45.9 Å². The Labute approximate surface area is 182 Å². The second-order valence-electron chi connectivity index (χ2n) is 6.41. The quantitative estimate of drug-likeness (QED) is 0.555. The number of benzene rings is 2. The zero-order valence-corrected chi connectivity index (χ0v) is 18.4. The minimum Gasteiger partial charge on any atom is -0.493 e.